The van der Waals surface area contributed by atoms with Crippen LogP contribution in [0.4, 0.5) is 17.1 Å². The zero-order chi connectivity index (χ0) is 21.8. The van der Waals surface area contributed by atoms with Crippen molar-refractivity contribution in [2.75, 3.05) is 35.7 Å². The minimum atomic E-state index is -0.141. The van der Waals surface area contributed by atoms with E-state index in [0.717, 1.165) is 41.3 Å². The Morgan fingerprint density at radius 3 is 2.48 bits per heavy atom. The van der Waals surface area contributed by atoms with Gasteiger partial charge in [-0.2, -0.15) is 0 Å². The van der Waals surface area contributed by atoms with Crippen LogP contribution in [0.15, 0.2) is 60.7 Å². The largest absolute Gasteiger partial charge is 0.370 e. The van der Waals surface area contributed by atoms with E-state index in [1.807, 2.05) is 55.6 Å². The molecule has 1 unspecified atom stereocenters. The van der Waals surface area contributed by atoms with Crippen molar-refractivity contribution in [3.63, 3.8) is 0 Å². The number of anilines is 3. The molecule has 6 nitrogen and oxygen atoms in total. The normalized spacial score (nSPS) is 15.7. The zero-order valence-electron chi connectivity index (χ0n) is 17.6. The molecular formula is C24H26N4O2S. The van der Waals surface area contributed by atoms with E-state index in [0.29, 0.717) is 10.9 Å². The van der Waals surface area contributed by atoms with E-state index in [4.69, 9.17) is 0 Å². The Balaban J connectivity index is 1.44. The molecular weight excluding hydrogens is 408 g/mol. The lowest BCUT2D eigenvalue weighted by Gasteiger charge is -2.19. The molecule has 1 aliphatic rings. The van der Waals surface area contributed by atoms with E-state index < -0.39 is 0 Å². The Hall–Kier alpha value is -3.16. The van der Waals surface area contributed by atoms with Crippen LogP contribution in [-0.4, -0.2) is 38.0 Å². The van der Waals surface area contributed by atoms with Gasteiger partial charge in [0.05, 0.1) is 4.88 Å². The van der Waals surface area contributed by atoms with Gasteiger partial charge in [0.2, 0.25) is 5.91 Å². The Labute approximate surface area is 186 Å². The van der Waals surface area contributed by atoms with Gasteiger partial charge in [0, 0.05) is 53.6 Å². The smallest absolute Gasteiger partial charge is 0.265 e. The van der Waals surface area contributed by atoms with Crippen LogP contribution < -0.4 is 20.9 Å². The topological polar surface area (TPSA) is 73.5 Å². The van der Waals surface area contributed by atoms with Gasteiger partial charge in [-0.25, -0.2) is 0 Å². The highest BCUT2D eigenvalue weighted by Gasteiger charge is 2.21. The van der Waals surface area contributed by atoms with E-state index in [-0.39, 0.29) is 11.8 Å². The van der Waals surface area contributed by atoms with Gasteiger partial charge in [0.25, 0.3) is 5.91 Å². The van der Waals surface area contributed by atoms with Gasteiger partial charge in [-0.15, -0.1) is 11.3 Å². The van der Waals surface area contributed by atoms with Gasteiger partial charge in [-0.3, -0.25) is 9.59 Å². The summed E-state index contributed by atoms with van der Waals surface area (Å²) in [5.74, 6) is -0.266. The molecule has 160 valence electrons. The van der Waals surface area contributed by atoms with Crippen LogP contribution in [-0.2, 0) is 4.79 Å². The first-order chi connectivity index (χ1) is 15.0. The zero-order valence-corrected chi connectivity index (χ0v) is 18.5. The Bertz CT molecular complexity index is 1080. The molecule has 2 aromatic carbocycles. The maximum atomic E-state index is 12.8. The van der Waals surface area contributed by atoms with Crippen LogP contribution in [0.5, 0.6) is 0 Å². The van der Waals surface area contributed by atoms with Crippen molar-refractivity contribution in [2.24, 2.45) is 0 Å². The second kappa shape index (κ2) is 9.32. The quantitative estimate of drug-likeness (QED) is 0.537. The summed E-state index contributed by atoms with van der Waals surface area (Å²) in [6.07, 6.45) is 1.14. The van der Waals surface area contributed by atoms with Crippen molar-refractivity contribution in [2.45, 2.75) is 19.4 Å². The number of amides is 2. The van der Waals surface area contributed by atoms with Crippen LogP contribution in [0.2, 0.25) is 0 Å². The molecule has 0 saturated carbocycles. The van der Waals surface area contributed by atoms with Gasteiger partial charge in [-0.1, -0.05) is 18.2 Å². The minimum absolute atomic E-state index is 0.124. The highest BCUT2D eigenvalue weighted by Crippen LogP contribution is 2.34. The summed E-state index contributed by atoms with van der Waals surface area (Å²) in [6.45, 7) is 3.52. The summed E-state index contributed by atoms with van der Waals surface area (Å²) in [5.41, 5.74) is 3.58. The average molecular weight is 435 g/mol. The van der Waals surface area contributed by atoms with E-state index in [9.17, 15) is 9.59 Å². The number of para-hydroxylation sites is 1. The molecule has 2 amide bonds. The Morgan fingerprint density at radius 1 is 1.00 bits per heavy atom. The van der Waals surface area contributed by atoms with Crippen LogP contribution >= 0.6 is 11.3 Å². The number of carbonyl (C=O) groups excluding carboxylic acids is 2. The van der Waals surface area contributed by atoms with Crippen molar-refractivity contribution >= 4 is 40.2 Å². The van der Waals surface area contributed by atoms with Gasteiger partial charge in [0.1, 0.15) is 0 Å². The van der Waals surface area contributed by atoms with Crippen molar-refractivity contribution in [1.29, 1.82) is 0 Å². The summed E-state index contributed by atoms with van der Waals surface area (Å²) < 4.78 is 0. The molecule has 1 atom stereocenters. The minimum Gasteiger partial charge on any atom is -0.370 e. The number of benzene rings is 2. The van der Waals surface area contributed by atoms with E-state index >= 15 is 0 Å². The van der Waals surface area contributed by atoms with Crippen LogP contribution in [0.1, 0.15) is 23.0 Å². The number of carbonyl (C=O) groups is 2. The number of nitrogens with one attached hydrogen (secondary N) is 3. The first-order valence-corrected chi connectivity index (χ1v) is 11.2. The van der Waals surface area contributed by atoms with Gasteiger partial charge < -0.3 is 20.9 Å². The summed E-state index contributed by atoms with van der Waals surface area (Å²) in [4.78, 5) is 28.1. The monoisotopic (exact) mass is 434 g/mol. The number of nitrogens with zero attached hydrogens (tertiary/aromatic N) is 1. The molecule has 0 radical (unpaired) electrons. The first-order valence-electron chi connectivity index (χ1n) is 10.3. The number of hydrogen-bond donors (Lipinski definition) is 3. The van der Waals surface area contributed by atoms with E-state index in [1.54, 1.807) is 0 Å². The lowest BCUT2D eigenvalue weighted by atomic mass is 10.1. The van der Waals surface area contributed by atoms with Gasteiger partial charge >= 0.3 is 0 Å². The number of rotatable bonds is 6. The van der Waals surface area contributed by atoms with E-state index in [1.165, 1.54) is 23.9 Å². The molecule has 0 bridgehead atoms. The first kappa shape index (κ1) is 21.1. The maximum absolute atomic E-state index is 12.8. The predicted molar refractivity (Wildman–Crippen MR) is 128 cm³/mol. The number of thiophene rings is 1. The summed E-state index contributed by atoms with van der Waals surface area (Å²) in [7, 11) is 2.00. The molecule has 0 aliphatic carbocycles. The third-order valence-corrected chi connectivity index (χ3v) is 6.54. The lowest BCUT2D eigenvalue weighted by molar-refractivity contribution is -0.114. The summed E-state index contributed by atoms with van der Waals surface area (Å²) in [6, 6.07) is 19.8. The fourth-order valence-corrected chi connectivity index (χ4v) is 4.72. The predicted octanol–water partition coefficient (Wildman–Crippen LogP) is 4.42. The maximum Gasteiger partial charge on any atom is 0.265 e. The molecule has 31 heavy (non-hydrogen) atoms. The SMILES string of the molecule is CNC1CCN(c2ccc(NC(=O)c3ccc(-c4ccccc4NC(C)=O)s3)cc2)C1. The standard InChI is InChI=1S/C24H26N4O2S/c1-16(29)26-21-6-4-3-5-20(21)22-11-12-23(31-22)24(30)27-17-7-9-19(10-8-17)28-14-13-18(15-28)25-2/h3-12,18,25H,13-15H2,1-2H3,(H,26,29)(H,27,30). The van der Waals surface area contributed by atoms with Crippen molar-refractivity contribution < 1.29 is 9.59 Å². The number of likely N-dealkylation sites (N-methyl/N-ethyl adjacent to an activating group) is 1. The molecule has 2 heterocycles. The third kappa shape index (κ3) is 4.95. The second-order valence-corrected chi connectivity index (χ2v) is 8.70. The molecule has 1 fully saturated rings. The second-order valence-electron chi connectivity index (χ2n) is 7.61. The molecule has 1 aliphatic heterocycles. The number of hydrogen-bond acceptors (Lipinski definition) is 5. The molecule has 4 rings (SSSR count). The molecule has 0 spiro atoms. The molecule has 3 N–H and O–H groups in total. The van der Waals surface area contributed by atoms with Gasteiger partial charge in [-0.05, 0) is 55.9 Å². The highest BCUT2D eigenvalue weighted by atomic mass is 32.1. The van der Waals surface area contributed by atoms with Crippen LogP contribution in [0, 0.1) is 0 Å². The molecule has 3 aromatic rings. The van der Waals surface area contributed by atoms with Crippen LogP contribution in [0.3, 0.4) is 0 Å². The molecule has 7 heteroatoms. The van der Waals surface area contributed by atoms with Crippen molar-refractivity contribution in [3.8, 4) is 10.4 Å². The fourth-order valence-electron chi connectivity index (χ4n) is 3.78. The molecule has 1 saturated heterocycles. The summed E-state index contributed by atoms with van der Waals surface area (Å²) >= 11 is 1.40. The summed E-state index contributed by atoms with van der Waals surface area (Å²) in [5, 5.41) is 9.15. The van der Waals surface area contributed by atoms with Gasteiger partial charge in [0.15, 0.2) is 0 Å². The third-order valence-electron chi connectivity index (χ3n) is 5.42. The van der Waals surface area contributed by atoms with E-state index in [2.05, 4.69) is 33.0 Å². The Kier molecular flexibility index (Phi) is 6.34. The van der Waals surface area contributed by atoms with Crippen LogP contribution in [0.25, 0.3) is 10.4 Å². The highest BCUT2D eigenvalue weighted by molar-refractivity contribution is 7.17. The lowest BCUT2D eigenvalue weighted by Crippen LogP contribution is -2.29. The Morgan fingerprint density at radius 2 is 1.77 bits per heavy atom. The molecule has 1 aromatic heterocycles. The fraction of sp³-hybridized carbons (Fsp3) is 0.250. The van der Waals surface area contributed by atoms with Crippen molar-refractivity contribution in [1.82, 2.24) is 5.32 Å². The van der Waals surface area contributed by atoms with Crippen molar-refractivity contribution in [3.05, 3.63) is 65.5 Å². The average Bonchev–Trinajstić information content (AvgIpc) is 3.44.